The van der Waals surface area contributed by atoms with Gasteiger partial charge in [-0.05, 0) is 72.9 Å². The van der Waals surface area contributed by atoms with Crippen molar-refractivity contribution in [3.05, 3.63) is 65.0 Å². The number of pyridine rings is 1. The minimum Gasteiger partial charge on any atom is -0.267 e. The van der Waals surface area contributed by atoms with Crippen LogP contribution in [0.25, 0.3) is 0 Å². The average Bonchev–Trinajstić information content (AvgIpc) is 3.20. The van der Waals surface area contributed by atoms with Gasteiger partial charge in [-0.1, -0.05) is 12.1 Å². The summed E-state index contributed by atoms with van der Waals surface area (Å²) in [6, 6.07) is 9.90. The Morgan fingerprint density at radius 1 is 1.06 bits per heavy atom. The Balaban J connectivity index is 1.33. The van der Waals surface area contributed by atoms with Crippen LogP contribution in [-0.2, 0) is 23.1 Å². The number of hydrogen-bond acceptors (Lipinski definition) is 5. The fourth-order valence-corrected chi connectivity index (χ4v) is 7.44. The Kier molecular flexibility index (Phi) is 6.04. The monoisotopic (exact) mass is 523 g/mol. The number of alkyl halides is 3. The zero-order chi connectivity index (χ0) is 25.7. The number of amides is 2. The van der Waals surface area contributed by atoms with Crippen LogP contribution in [0.1, 0.15) is 44.8 Å². The molecule has 1 saturated carbocycles. The van der Waals surface area contributed by atoms with E-state index >= 15 is 0 Å². The molecule has 2 aliphatic carbocycles. The van der Waals surface area contributed by atoms with Crippen LogP contribution in [0, 0.1) is 11.8 Å². The van der Waals surface area contributed by atoms with Gasteiger partial charge in [-0.15, -0.1) is 0 Å². The first-order valence-corrected chi connectivity index (χ1v) is 12.9. The van der Waals surface area contributed by atoms with Crippen molar-refractivity contribution < 1.29 is 31.2 Å². The maximum atomic E-state index is 13.0. The summed E-state index contributed by atoms with van der Waals surface area (Å²) < 4.78 is 67.4. The van der Waals surface area contributed by atoms with Gasteiger partial charge in [0.05, 0.1) is 5.54 Å². The number of carbonyl (C=O) groups excluding carboxylic acids is 2. The molecule has 3 N–H and O–H groups in total. The molecule has 2 aromatic rings. The number of nitrogens with zero attached hydrogens (tertiary/aromatic N) is 2. The molecule has 2 bridgehead atoms. The van der Waals surface area contributed by atoms with Gasteiger partial charge in [-0.2, -0.15) is 30.6 Å². The Bertz CT molecular complexity index is 1300. The summed E-state index contributed by atoms with van der Waals surface area (Å²) in [5, 5.41) is 0. The molecule has 2 heterocycles. The van der Waals surface area contributed by atoms with E-state index < -0.39 is 40.3 Å². The normalized spacial score (nSPS) is 26.9. The lowest BCUT2D eigenvalue weighted by Crippen LogP contribution is -2.52. The summed E-state index contributed by atoms with van der Waals surface area (Å²) in [6.45, 7) is -1.75. The Hall–Kier alpha value is -3.03. The van der Waals surface area contributed by atoms with Crippen molar-refractivity contribution in [2.24, 2.45) is 11.8 Å². The van der Waals surface area contributed by atoms with E-state index in [1.165, 1.54) is 12.3 Å². The smallest absolute Gasteiger partial charge is 0.267 e. The third kappa shape index (κ3) is 4.58. The standard InChI is InChI=1S/C23H24F3N5O4S/c24-23(25,26)13-31-12-22(30-36(31,34)35)17-6-7-18(22)11-16-9-15(5-4-14(16)10-17)20(32)28-29-21(33)19-3-1-2-8-27-19/h1-5,8-9,17-18,30H,6-7,10-13H2,(H,28,32)(H,29,33)/t17-,18+,22-/m1/s1. The average molecular weight is 524 g/mol. The van der Waals surface area contributed by atoms with Gasteiger partial charge in [-0.3, -0.25) is 25.4 Å². The molecule has 9 nitrogen and oxygen atoms in total. The highest BCUT2D eigenvalue weighted by Gasteiger charge is 2.60. The van der Waals surface area contributed by atoms with Crippen LogP contribution in [0.15, 0.2) is 42.6 Å². The fourth-order valence-electron chi connectivity index (χ4n) is 5.73. The molecule has 2 fully saturated rings. The van der Waals surface area contributed by atoms with Crippen molar-refractivity contribution in [3.63, 3.8) is 0 Å². The lowest BCUT2D eigenvalue weighted by molar-refractivity contribution is -0.136. The van der Waals surface area contributed by atoms with Gasteiger partial charge in [0.2, 0.25) is 0 Å². The summed E-state index contributed by atoms with van der Waals surface area (Å²) in [4.78, 5) is 28.7. The van der Waals surface area contributed by atoms with E-state index in [0.717, 1.165) is 11.1 Å². The van der Waals surface area contributed by atoms with Crippen LogP contribution in [-0.4, -0.2) is 54.3 Å². The van der Waals surface area contributed by atoms with E-state index in [4.69, 9.17) is 0 Å². The van der Waals surface area contributed by atoms with Gasteiger partial charge < -0.3 is 0 Å². The first kappa shape index (κ1) is 24.7. The molecule has 1 aromatic carbocycles. The molecule has 13 heteroatoms. The van der Waals surface area contributed by atoms with Crippen molar-refractivity contribution in [3.8, 4) is 0 Å². The highest BCUT2D eigenvalue weighted by atomic mass is 32.2. The van der Waals surface area contributed by atoms with Gasteiger partial charge in [-0.25, -0.2) is 0 Å². The van der Waals surface area contributed by atoms with E-state index in [-0.39, 0.29) is 24.1 Å². The summed E-state index contributed by atoms with van der Waals surface area (Å²) in [5.74, 6) is -1.48. The number of aromatic nitrogens is 1. The van der Waals surface area contributed by atoms with Gasteiger partial charge in [0.15, 0.2) is 0 Å². The molecule has 5 rings (SSSR count). The maximum absolute atomic E-state index is 13.0. The quantitative estimate of drug-likeness (QED) is 0.530. The van der Waals surface area contributed by atoms with Gasteiger partial charge in [0.25, 0.3) is 22.0 Å². The van der Waals surface area contributed by atoms with E-state index in [1.807, 2.05) is 0 Å². The van der Waals surface area contributed by atoms with Crippen LogP contribution < -0.4 is 15.6 Å². The van der Waals surface area contributed by atoms with Crippen LogP contribution in [0.4, 0.5) is 13.2 Å². The Morgan fingerprint density at radius 2 is 1.75 bits per heavy atom. The van der Waals surface area contributed by atoms with Crippen LogP contribution in [0.5, 0.6) is 0 Å². The molecule has 0 radical (unpaired) electrons. The number of rotatable bonds is 3. The van der Waals surface area contributed by atoms with E-state index in [1.54, 1.807) is 30.3 Å². The number of fused-ring (bicyclic) bond motifs is 1. The van der Waals surface area contributed by atoms with Crippen molar-refractivity contribution in [2.45, 2.75) is 37.4 Å². The fraction of sp³-hybridized carbons (Fsp3) is 0.435. The zero-order valence-electron chi connectivity index (χ0n) is 19.0. The topological polar surface area (TPSA) is 120 Å². The summed E-state index contributed by atoms with van der Waals surface area (Å²) in [7, 11) is -4.26. The molecule has 2 amide bonds. The van der Waals surface area contributed by atoms with Crippen LogP contribution in [0.2, 0.25) is 0 Å². The molecule has 36 heavy (non-hydrogen) atoms. The molecule has 3 atom stereocenters. The number of benzene rings is 1. The number of nitrogens with one attached hydrogen (secondary N) is 3. The highest BCUT2D eigenvalue weighted by molar-refractivity contribution is 7.87. The first-order chi connectivity index (χ1) is 17.0. The van der Waals surface area contributed by atoms with Crippen molar-refractivity contribution in [1.82, 2.24) is 24.9 Å². The van der Waals surface area contributed by atoms with E-state index in [0.29, 0.717) is 35.6 Å². The first-order valence-electron chi connectivity index (χ1n) is 11.5. The second-order valence-electron chi connectivity index (χ2n) is 9.52. The third-order valence-electron chi connectivity index (χ3n) is 7.36. The minimum atomic E-state index is -4.64. The molecule has 192 valence electrons. The predicted octanol–water partition coefficient (Wildman–Crippen LogP) is 1.73. The zero-order valence-corrected chi connectivity index (χ0v) is 19.8. The molecule has 0 unspecified atom stereocenters. The van der Waals surface area contributed by atoms with E-state index in [9.17, 15) is 31.2 Å². The van der Waals surface area contributed by atoms with Crippen molar-refractivity contribution in [1.29, 1.82) is 0 Å². The number of carbonyl (C=O) groups is 2. The van der Waals surface area contributed by atoms with Gasteiger partial charge in [0, 0.05) is 18.3 Å². The summed E-state index contributed by atoms with van der Waals surface area (Å²) in [5.41, 5.74) is 5.90. The molecular formula is C23H24F3N5O4S. The lowest BCUT2D eigenvalue weighted by Gasteiger charge is -2.33. The highest BCUT2D eigenvalue weighted by Crippen LogP contribution is 2.50. The maximum Gasteiger partial charge on any atom is 0.402 e. The number of hydrazine groups is 1. The van der Waals surface area contributed by atoms with Gasteiger partial charge >= 0.3 is 6.18 Å². The molecule has 1 aliphatic heterocycles. The van der Waals surface area contributed by atoms with Crippen LogP contribution >= 0.6 is 0 Å². The summed E-state index contributed by atoms with van der Waals surface area (Å²) in [6.07, 6.45) is -0.892. The Morgan fingerprint density at radius 3 is 2.42 bits per heavy atom. The number of halogens is 3. The molecule has 1 aromatic heterocycles. The Labute approximate surface area is 205 Å². The molecule has 3 aliphatic rings. The number of hydrogen-bond donors (Lipinski definition) is 3. The molecule has 1 spiro atoms. The van der Waals surface area contributed by atoms with Gasteiger partial charge in [0.1, 0.15) is 12.2 Å². The lowest BCUT2D eigenvalue weighted by atomic mass is 9.79. The molecule has 1 saturated heterocycles. The van der Waals surface area contributed by atoms with E-state index in [2.05, 4.69) is 20.6 Å². The largest absolute Gasteiger partial charge is 0.402 e. The minimum absolute atomic E-state index is 0.139. The van der Waals surface area contributed by atoms with Crippen molar-refractivity contribution >= 4 is 22.0 Å². The van der Waals surface area contributed by atoms with Crippen LogP contribution in [0.3, 0.4) is 0 Å². The second-order valence-corrected chi connectivity index (χ2v) is 11.2. The second kappa shape index (κ2) is 8.82. The SMILES string of the molecule is O=C(NNC(=O)c1ccccn1)c1ccc2c(c1)C[C@@H]1CC[C@H](C2)[C@]12CN(CC(F)(F)F)S(=O)(=O)N2. The predicted molar refractivity (Wildman–Crippen MR) is 122 cm³/mol. The summed E-state index contributed by atoms with van der Waals surface area (Å²) >= 11 is 0. The van der Waals surface area contributed by atoms with Crippen molar-refractivity contribution in [2.75, 3.05) is 13.1 Å². The third-order valence-corrected chi connectivity index (χ3v) is 8.94. The molecular weight excluding hydrogens is 499 g/mol.